The van der Waals surface area contributed by atoms with Crippen LogP contribution in [-0.2, 0) is 6.54 Å². The van der Waals surface area contributed by atoms with Crippen molar-refractivity contribution in [1.82, 2.24) is 0 Å². The Hall–Kier alpha value is -2.49. The van der Waals surface area contributed by atoms with Crippen LogP contribution in [0.5, 0.6) is 0 Å². The largest absolute Gasteiger partial charge is 0.377 e. The standard InChI is InChI=1S/C18H24N4/c1-13-6-5-7-16(10-13)21-18(19)20-12-15-9-8-14(2)11-17(15)22(3)4/h5-11H,12H2,1-4H3,(H3,19,20,21). The highest BCUT2D eigenvalue weighted by Gasteiger charge is 2.04. The van der Waals surface area contributed by atoms with Crippen molar-refractivity contribution in [2.75, 3.05) is 24.3 Å². The average Bonchev–Trinajstić information content (AvgIpc) is 2.45. The zero-order chi connectivity index (χ0) is 16.1. The van der Waals surface area contributed by atoms with Gasteiger partial charge >= 0.3 is 0 Å². The molecule has 0 aliphatic rings. The molecule has 3 N–H and O–H groups in total. The average molecular weight is 296 g/mol. The second kappa shape index (κ2) is 6.98. The molecule has 0 saturated heterocycles. The summed E-state index contributed by atoms with van der Waals surface area (Å²) < 4.78 is 0. The molecule has 0 unspecified atom stereocenters. The summed E-state index contributed by atoms with van der Waals surface area (Å²) in [5, 5.41) is 3.13. The van der Waals surface area contributed by atoms with Crippen molar-refractivity contribution < 1.29 is 0 Å². The Balaban J connectivity index is 2.11. The molecular formula is C18H24N4. The van der Waals surface area contributed by atoms with Gasteiger partial charge in [0, 0.05) is 25.5 Å². The molecule has 0 heterocycles. The Morgan fingerprint density at radius 2 is 1.82 bits per heavy atom. The van der Waals surface area contributed by atoms with Crippen LogP contribution in [-0.4, -0.2) is 20.1 Å². The summed E-state index contributed by atoms with van der Waals surface area (Å²) in [4.78, 5) is 6.55. The summed E-state index contributed by atoms with van der Waals surface area (Å²) in [6.07, 6.45) is 0. The molecule has 0 amide bonds. The lowest BCUT2D eigenvalue weighted by Crippen LogP contribution is -2.22. The van der Waals surface area contributed by atoms with Crippen LogP contribution in [0.15, 0.2) is 47.5 Å². The molecule has 0 aliphatic carbocycles. The summed E-state index contributed by atoms with van der Waals surface area (Å²) in [5.41, 5.74) is 11.7. The van der Waals surface area contributed by atoms with Crippen molar-refractivity contribution in [2.24, 2.45) is 10.7 Å². The molecule has 0 saturated carbocycles. The van der Waals surface area contributed by atoms with Gasteiger partial charge in [0.2, 0.25) is 0 Å². The Labute approximate surface area is 132 Å². The minimum absolute atomic E-state index is 0.427. The molecule has 116 valence electrons. The lowest BCUT2D eigenvalue weighted by molar-refractivity contribution is 1.02. The predicted molar refractivity (Wildman–Crippen MR) is 95.6 cm³/mol. The van der Waals surface area contributed by atoms with E-state index in [1.54, 1.807) is 0 Å². The second-order valence-corrected chi connectivity index (χ2v) is 5.72. The number of rotatable bonds is 4. The maximum absolute atomic E-state index is 5.98. The van der Waals surface area contributed by atoms with E-state index in [1.165, 1.54) is 16.8 Å². The van der Waals surface area contributed by atoms with Gasteiger partial charge in [-0.25, -0.2) is 4.99 Å². The third-order valence-corrected chi connectivity index (χ3v) is 3.43. The van der Waals surface area contributed by atoms with E-state index in [0.717, 1.165) is 11.3 Å². The fourth-order valence-corrected chi connectivity index (χ4v) is 2.30. The first-order valence-electron chi connectivity index (χ1n) is 7.36. The van der Waals surface area contributed by atoms with Gasteiger partial charge in [-0.05, 0) is 48.7 Å². The Kier molecular flexibility index (Phi) is 5.04. The first-order chi connectivity index (χ1) is 10.5. The summed E-state index contributed by atoms with van der Waals surface area (Å²) in [6.45, 7) is 4.69. The minimum atomic E-state index is 0.427. The van der Waals surface area contributed by atoms with Crippen LogP contribution < -0.4 is 16.0 Å². The number of aliphatic imine (C=N–C) groups is 1. The number of hydrogen-bond donors (Lipinski definition) is 2. The molecule has 2 rings (SSSR count). The van der Waals surface area contributed by atoms with E-state index in [0.29, 0.717) is 12.5 Å². The molecular weight excluding hydrogens is 272 g/mol. The van der Waals surface area contributed by atoms with Crippen LogP contribution >= 0.6 is 0 Å². The van der Waals surface area contributed by atoms with Crippen molar-refractivity contribution in [1.29, 1.82) is 0 Å². The number of aryl methyl sites for hydroxylation is 2. The molecule has 2 aromatic rings. The molecule has 0 aliphatic heterocycles. The molecule has 4 nitrogen and oxygen atoms in total. The minimum Gasteiger partial charge on any atom is -0.377 e. The van der Waals surface area contributed by atoms with Crippen LogP contribution in [0.25, 0.3) is 0 Å². The fourth-order valence-electron chi connectivity index (χ4n) is 2.30. The van der Waals surface area contributed by atoms with E-state index >= 15 is 0 Å². The molecule has 0 fully saturated rings. The van der Waals surface area contributed by atoms with Crippen molar-refractivity contribution >= 4 is 17.3 Å². The van der Waals surface area contributed by atoms with Gasteiger partial charge in [0.1, 0.15) is 0 Å². The molecule has 22 heavy (non-hydrogen) atoms. The number of hydrogen-bond acceptors (Lipinski definition) is 2. The van der Waals surface area contributed by atoms with E-state index in [4.69, 9.17) is 5.73 Å². The SMILES string of the molecule is Cc1cccc(NC(N)=NCc2ccc(C)cc2N(C)C)c1. The van der Waals surface area contributed by atoms with Gasteiger partial charge in [-0.15, -0.1) is 0 Å². The molecule has 0 aromatic heterocycles. The third-order valence-electron chi connectivity index (χ3n) is 3.43. The molecule has 0 bridgehead atoms. The van der Waals surface area contributed by atoms with Gasteiger partial charge in [0.05, 0.1) is 6.54 Å². The van der Waals surface area contributed by atoms with Crippen molar-refractivity contribution in [2.45, 2.75) is 20.4 Å². The van der Waals surface area contributed by atoms with Crippen molar-refractivity contribution in [3.63, 3.8) is 0 Å². The van der Waals surface area contributed by atoms with Crippen molar-refractivity contribution in [3.05, 3.63) is 59.2 Å². The van der Waals surface area contributed by atoms with Gasteiger partial charge in [0.25, 0.3) is 0 Å². The fraction of sp³-hybridized carbons (Fsp3) is 0.278. The van der Waals surface area contributed by atoms with Crippen molar-refractivity contribution in [3.8, 4) is 0 Å². The highest BCUT2D eigenvalue weighted by atomic mass is 15.1. The van der Waals surface area contributed by atoms with Gasteiger partial charge in [0.15, 0.2) is 5.96 Å². The predicted octanol–water partition coefficient (Wildman–Crippen LogP) is 3.30. The highest BCUT2D eigenvalue weighted by Crippen LogP contribution is 2.21. The Morgan fingerprint density at radius 1 is 1.09 bits per heavy atom. The maximum Gasteiger partial charge on any atom is 0.193 e. The van der Waals surface area contributed by atoms with Gasteiger partial charge in [-0.2, -0.15) is 0 Å². The maximum atomic E-state index is 5.98. The van der Waals surface area contributed by atoms with E-state index in [2.05, 4.69) is 40.3 Å². The molecule has 0 spiro atoms. The van der Waals surface area contributed by atoms with Crippen LogP contribution in [0.1, 0.15) is 16.7 Å². The zero-order valence-electron chi connectivity index (χ0n) is 13.7. The summed E-state index contributed by atoms with van der Waals surface area (Å²) in [7, 11) is 4.08. The summed E-state index contributed by atoms with van der Waals surface area (Å²) >= 11 is 0. The van der Waals surface area contributed by atoms with E-state index in [9.17, 15) is 0 Å². The molecule has 2 aromatic carbocycles. The zero-order valence-corrected chi connectivity index (χ0v) is 13.7. The number of guanidine groups is 1. The van der Waals surface area contributed by atoms with E-state index in [1.807, 2.05) is 45.3 Å². The number of nitrogens with one attached hydrogen (secondary N) is 1. The van der Waals surface area contributed by atoms with E-state index in [-0.39, 0.29) is 0 Å². The Bertz CT molecular complexity index is 675. The molecule has 0 radical (unpaired) electrons. The van der Waals surface area contributed by atoms with Crippen LogP contribution in [0, 0.1) is 13.8 Å². The first kappa shape index (κ1) is 15.9. The lowest BCUT2D eigenvalue weighted by atomic mass is 10.1. The molecule has 0 atom stereocenters. The van der Waals surface area contributed by atoms with Crippen LogP contribution in [0.2, 0.25) is 0 Å². The lowest BCUT2D eigenvalue weighted by Gasteiger charge is -2.17. The number of benzene rings is 2. The van der Waals surface area contributed by atoms with E-state index < -0.39 is 0 Å². The smallest absolute Gasteiger partial charge is 0.193 e. The highest BCUT2D eigenvalue weighted by molar-refractivity contribution is 5.92. The number of nitrogens with zero attached hydrogens (tertiary/aromatic N) is 2. The van der Waals surface area contributed by atoms with Gasteiger partial charge < -0.3 is 16.0 Å². The van der Waals surface area contributed by atoms with Crippen LogP contribution in [0.4, 0.5) is 11.4 Å². The quantitative estimate of drug-likeness (QED) is 0.672. The topological polar surface area (TPSA) is 53.6 Å². The Morgan fingerprint density at radius 3 is 2.50 bits per heavy atom. The van der Waals surface area contributed by atoms with Gasteiger partial charge in [-0.1, -0.05) is 24.3 Å². The number of nitrogens with two attached hydrogens (primary N) is 1. The third kappa shape index (κ3) is 4.25. The van der Waals surface area contributed by atoms with Gasteiger partial charge in [-0.3, -0.25) is 0 Å². The monoisotopic (exact) mass is 296 g/mol. The normalized spacial score (nSPS) is 11.4. The molecule has 4 heteroatoms. The first-order valence-corrected chi connectivity index (χ1v) is 7.36. The summed E-state index contributed by atoms with van der Waals surface area (Å²) in [5.74, 6) is 0.427. The second-order valence-electron chi connectivity index (χ2n) is 5.72. The summed E-state index contributed by atoms with van der Waals surface area (Å²) in [6, 6.07) is 14.4. The van der Waals surface area contributed by atoms with Crippen LogP contribution in [0.3, 0.4) is 0 Å². The number of anilines is 2.